The van der Waals surface area contributed by atoms with Crippen molar-refractivity contribution < 1.29 is 9.59 Å². The third-order valence-corrected chi connectivity index (χ3v) is 6.16. The number of amides is 3. The fourth-order valence-electron chi connectivity index (χ4n) is 3.71. The second kappa shape index (κ2) is 7.66. The average Bonchev–Trinajstić information content (AvgIpc) is 2.80. The van der Waals surface area contributed by atoms with Gasteiger partial charge in [0.15, 0.2) is 0 Å². The molecule has 1 unspecified atom stereocenters. The lowest BCUT2D eigenvalue weighted by Gasteiger charge is -2.49. The molecule has 2 saturated heterocycles. The van der Waals surface area contributed by atoms with E-state index >= 15 is 0 Å². The van der Waals surface area contributed by atoms with Gasteiger partial charge >= 0.3 is 6.03 Å². The van der Waals surface area contributed by atoms with E-state index in [-0.39, 0.29) is 17.5 Å². The molecule has 2 aliphatic heterocycles. The Hall–Kier alpha value is -1.73. The Morgan fingerprint density at radius 1 is 1.28 bits per heavy atom. The molecule has 0 bridgehead atoms. The van der Waals surface area contributed by atoms with Crippen molar-refractivity contribution in [2.75, 3.05) is 44.8 Å². The van der Waals surface area contributed by atoms with Crippen molar-refractivity contribution >= 4 is 29.4 Å². The zero-order valence-corrected chi connectivity index (χ0v) is 15.7. The number of thioether (sulfide) groups is 1. The number of likely N-dealkylation sites (N-methyl/N-ethyl adjacent to an activating group) is 1. The average molecular weight is 362 g/mol. The van der Waals surface area contributed by atoms with Crippen molar-refractivity contribution in [2.45, 2.75) is 29.7 Å². The molecule has 0 saturated carbocycles. The maximum absolute atomic E-state index is 12.8. The van der Waals surface area contributed by atoms with Crippen LogP contribution < -0.4 is 10.6 Å². The minimum absolute atomic E-state index is 0.0579. The molecule has 3 rings (SSSR count). The van der Waals surface area contributed by atoms with Crippen LogP contribution in [0.25, 0.3) is 0 Å². The smallest absolute Gasteiger partial charge is 0.321 e. The van der Waals surface area contributed by atoms with Crippen molar-refractivity contribution in [2.24, 2.45) is 0 Å². The molecule has 1 atom stereocenters. The Bertz CT molecular complexity index is 654. The Kier molecular flexibility index (Phi) is 5.54. The van der Waals surface area contributed by atoms with Crippen LogP contribution in [0.1, 0.15) is 19.3 Å². The predicted molar refractivity (Wildman–Crippen MR) is 101 cm³/mol. The Labute approximate surface area is 153 Å². The van der Waals surface area contributed by atoms with Crippen LogP contribution in [0.3, 0.4) is 0 Å². The first kappa shape index (κ1) is 18.1. The van der Waals surface area contributed by atoms with Crippen LogP contribution in [0.15, 0.2) is 29.2 Å². The minimum atomic E-state index is -0.117. The summed E-state index contributed by atoms with van der Waals surface area (Å²) in [4.78, 5) is 29.8. The number of hydrogen-bond donors (Lipinski definition) is 2. The van der Waals surface area contributed by atoms with Gasteiger partial charge in [-0.1, -0.05) is 12.1 Å². The van der Waals surface area contributed by atoms with Gasteiger partial charge < -0.3 is 15.5 Å². The number of nitrogens with one attached hydrogen (secondary N) is 2. The highest BCUT2D eigenvalue weighted by atomic mass is 32.2. The second-order valence-corrected chi connectivity index (χ2v) is 7.65. The van der Waals surface area contributed by atoms with Gasteiger partial charge in [-0.2, -0.15) is 0 Å². The first-order valence-corrected chi connectivity index (χ1v) is 9.93. The van der Waals surface area contributed by atoms with Gasteiger partial charge in [-0.25, -0.2) is 4.79 Å². The maximum atomic E-state index is 12.8. The summed E-state index contributed by atoms with van der Waals surface area (Å²) in [6.45, 7) is 2.86. The van der Waals surface area contributed by atoms with Gasteiger partial charge in [0.1, 0.15) is 0 Å². The van der Waals surface area contributed by atoms with Crippen LogP contribution in [0.5, 0.6) is 0 Å². The SMILES string of the molecule is CSc1ccccc1NC(=O)N1CCN(C)C2(CCNC(=O)CC2)C1. The third kappa shape index (κ3) is 3.93. The van der Waals surface area contributed by atoms with E-state index in [1.165, 1.54) is 0 Å². The molecule has 2 aliphatic rings. The monoisotopic (exact) mass is 362 g/mol. The summed E-state index contributed by atoms with van der Waals surface area (Å²) in [5.41, 5.74) is 0.735. The zero-order chi connectivity index (χ0) is 17.9. The van der Waals surface area contributed by atoms with Crippen molar-refractivity contribution in [1.29, 1.82) is 0 Å². The van der Waals surface area contributed by atoms with E-state index in [4.69, 9.17) is 0 Å². The second-order valence-electron chi connectivity index (χ2n) is 6.80. The van der Waals surface area contributed by atoms with Crippen LogP contribution in [0, 0.1) is 0 Å². The van der Waals surface area contributed by atoms with Gasteiger partial charge in [-0.05, 0) is 38.3 Å². The highest BCUT2D eigenvalue weighted by molar-refractivity contribution is 7.98. The molecule has 0 radical (unpaired) electrons. The van der Waals surface area contributed by atoms with Crippen molar-refractivity contribution in [3.63, 3.8) is 0 Å². The third-order valence-electron chi connectivity index (χ3n) is 5.37. The lowest BCUT2D eigenvalue weighted by molar-refractivity contribution is -0.121. The first-order chi connectivity index (χ1) is 12.0. The largest absolute Gasteiger partial charge is 0.356 e. The number of benzene rings is 1. The van der Waals surface area contributed by atoms with E-state index in [0.29, 0.717) is 26.1 Å². The molecule has 1 aromatic rings. The lowest BCUT2D eigenvalue weighted by atomic mass is 9.86. The first-order valence-electron chi connectivity index (χ1n) is 8.71. The number of hydrogen-bond acceptors (Lipinski definition) is 4. The standard InChI is InChI=1S/C18H26N4O2S/c1-21-11-12-22(13-18(21)8-7-16(23)19-10-9-18)17(24)20-14-5-3-4-6-15(14)25-2/h3-6H,7-13H2,1-2H3,(H,19,23)(H,20,24). The Morgan fingerprint density at radius 3 is 2.88 bits per heavy atom. The van der Waals surface area contributed by atoms with E-state index in [2.05, 4.69) is 22.6 Å². The highest BCUT2D eigenvalue weighted by Crippen LogP contribution is 2.31. The normalized spacial score (nSPS) is 24.7. The van der Waals surface area contributed by atoms with Gasteiger partial charge in [0.2, 0.25) is 5.91 Å². The summed E-state index contributed by atoms with van der Waals surface area (Å²) < 4.78 is 0. The quantitative estimate of drug-likeness (QED) is 0.792. The fraction of sp³-hybridized carbons (Fsp3) is 0.556. The summed E-state index contributed by atoms with van der Waals surface area (Å²) in [7, 11) is 2.11. The van der Waals surface area contributed by atoms with Crippen molar-refractivity contribution in [3.8, 4) is 0 Å². The molecule has 2 fully saturated rings. The van der Waals surface area contributed by atoms with Crippen LogP contribution in [0.2, 0.25) is 0 Å². The molecule has 2 N–H and O–H groups in total. The topological polar surface area (TPSA) is 64.7 Å². The fourth-order valence-corrected chi connectivity index (χ4v) is 4.27. The molecular weight excluding hydrogens is 336 g/mol. The van der Waals surface area contributed by atoms with E-state index < -0.39 is 0 Å². The van der Waals surface area contributed by atoms with Gasteiger partial charge in [0.05, 0.1) is 5.69 Å². The van der Waals surface area contributed by atoms with Crippen LogP contribution in [0.4, 0.5) is 10.5 Å². The number of urea groups is 1. The number of para-hydroxylation sites is 1. The molecule has 6 nitrogen and oxygen atoms in total. The molecular formula is C18H26N4O2S. The molecule has 1 aromatic carbocycles. The Balaban J connectivity index is 1.72. The van der Waals surface area contributed by atoms with E-state index in [9.17, 15) is 9.59 Å². The summed E-state index contributed by atoms with van der Waals surface area (Å²) in [5, 5.41) is 6.01. The molecule has 136 valence electrons. The molecule has 3 amide bonds. The van der Waals surface area contributed by atoms with Crippen molar-refractivity contribution in [3.05, 3.63) is 24.3 Å². The number of rotatable bonds is 2. The van der Waals surface area contributed by atoms with Crippen molar-refractivity contribution in [1.82, 2.24) is 15.1 Å². The van der Waals surface area contributed by atoms with Crippen LogP contribution in [-0.4, -0.2) is 66.8 Å². The number of piperazine rings is 1. The summed E-state index contributed by atoms with van der Waals surface area (Å²) >= 11 is 1.62. The summed E-state index contributed by atoms with van der Waals surface area (Å²) in [6.07, 6.45) is 4.20. The number of nitrogens with zero attached hydrogens (tertiary/aromatic N) is 2. The molecule has 0 aliphatic carbocycles. The number of carbonyl (C=O) groups excluding carboxylic acids is 2. The predicted octanol–water partition coefficient (Wildman–Crippen LogP) is 2.23. The van der Waals surface area contributed by atoms with Gasteiger partial charge in [-0.15, -0.1) is 11.8 Å². The van der Waals surface area contributed by atoms with Gasteiger partial charge in [-0.3, -0.25) is 9.69 Å². The van der Waals surface area contributed by atoms with E-state index in [1.807, 2.05) is 35.4 Å². The molecule has 0 aromatic heterocycles. The zero-order valence-electron chi connectivity index (χ0n) is 14.9. The molecule has 7 heteroatoms. The highest BCUT2D eigenvalue weighted by Gasteiger charge is 2.42. The molecule has 1 spiro atoms. The molecule has 25 heavy (non-hydrogen) atoms. The van der Waals surface area contributed by atoms with Gasteiger partial charge in [0.25, 0.3) is 0 Å². The maximum Gasteiger partial charge on any atom is 0.321 e. The van der Waals surface area contributed by atoms with E-state index in [1.54, 1.807) is 11.8 Å². The molecule has 2 heterocycles. The Morgan fingerprint density at radius 2 is 2.08 bits per heavy atom. The summed E-state index contributed by atoms with van der Waals surface area (Å²) in [5.74, 6) is 0.112. The summed E-state index contributed by atoms with van der Waals surface area (Å²) in [6, 6.07) is 7.79. The van der Waals surface area contributed by atoms with Crippen LogP contribution >= 0.6 is 11.8 Å². The van der Waals surface area contributed by atoms with Gasteiger partial charge in [0, 0.05) is 43.0 Å². The number of anilines is 1. The lowest BCUT2D eigenvalue weighted by Crippen LogP contribution is -2.62. The van der Waals surface area contributed by atoms with Crippen LogP contribution in [-0.2, 0) is 4.79 Å². The minimum Gasteiger partial charge on any atom is -0.356 e. The number of carbonyl (C=O) groups is 2. The van der Waals surface area contributed by atoms with E-state index in [0.717, 1.165) is 30.0 Å².